The van der Waals surface area contributed by atoms with Gasteiger partial charge in [-0.2, -0.15) is 0 Å². The summed E-state index contributed by atoms with van der Waals surface area (Å²) in [4.78, 5) is 12.2. The number of amides is 1. The molecule has 0 aliphatic heterocycles. The Morgan fingerprint density at radius 1 is 1.29 bits per heavy atom. The van der Waals surface area contributed by atoms with Gasteiger partial charge in [0.15, 0.2) is 5.76 Å². The minimum absolute atomic E-state index is 0.157. The summed E-state index contributed by atoms with van der Waals surface area (Å²) in [6.45, 7) is 5.64. The van der Waals surface area contributed by atoms with E-state index in [0.29, 0.717) is 0 Å². The van der Waals surface area contributed by atoms with Crippen LogP contribution < -0.4 is 5.32 Å². The Morgan fingerprint density at radius 3 is 2.43 bits per heavy atom. The molecule has 1 unspecified atom stereocenters. The molecule has 2 aromatic rings. The zero-order valence-electron chi connectivity index (χ0n) is 12.6. The average molecular weight is 287 g/mol. The number of benzene rings is 1. The highest BCUT2D eigenvalue weighted by Crippen LogP contribution is 2.17. The van der Waals surface area contributed by atoms with Crippen LogP contribution in [0.4, 0.5) is 0 Å². The molecule has 4 heteroatoms. The Bertz CT molecular complexity index is 594. The zero-order chi connectivity index (χ0) is 15.4. The summed E-state index contributed by atoms with van der Waals surface area (Å²) in [5.41, 5.74) is 3.04. The second-order valence-corrected chi connectivity index (χ2v) is 5.15. The lowest BCUT2D eigenvalue weighted by molar-refractivity contribution is 0.0887. The number of hydrogen-bond donors (Lipinski definition) is 2. The zero-order valence-corrected chi connectivity index (χ0v) is 12.6. The van der Waals surface area contributed by atoms with Crippen LogP contribution in [0.15, 0.2) is 34.7 Å². The van der Waals surface area contributed by atoms with Gasteiger partial charge in [-0.25, -0.2) is 0 Å². The van der Waals surface area contributed by atoms with E-state index in [1.165, 1.54) is 5.56 Å². The third kappa shape index (κ3) is 3.52. The lowest BCUT2D eigenvalue weighted by atomic mass is 10.0. The van der Waals surface area contributed by atoms with E-state index < -0.39 is 6.04 Å². The van der Waals surface area contributed by atoms with Crippen molar-refractivity contribution < 1.29 is 14.3 Å². The van der Waals surface area contributed by atoms with Crippen LogP contribution in [0.3, 0.4) is 0 Å². The molecule has 2 N–H and O–H groups in total. The SMILES string of the molecule is CCc1ccc(C(CO)NC(=O)c2cc(C)c(C)o2)cc1. The summed E-state index contributed by atoms with van der Waals surface area (Å²) >= 11 is 0. The molecular weight excluding hydrogens is 266 g/mol. The fraction of sp³-hybridized carbons (Fsp3) is 0.353. The van der Waals surface area contributed by atoms with Crippen molar-refractivity contribution in [2.24, 2.45) is 0 Å². The summed E-state index contributed by atoms with van der Waals surface area (Å²) in [5.74, 6) is 0.687. The lowest BCUT2D eigenvalue weighted by Crippen LogP contribution is -2.30. The molecular formula is C17H21NO3. The van der Waals surface area contributed by atoms with Crippen LogP contribution in [0.2, 0.25) is 0 Å². The molecule has 0 aliphatic carbocycles. The summed E-state index contributed by atoms with van der Waals surface area (Å²) in [6, 6.07) is 9.14. The first-order valence-corrected chi connectivity index (χ1v) is 7.12. The van der Waals surface area contributed by atoms with E-state index >= 15 is 0 Å². The van der Waals surface area contributed by atoms with Crippen molar-refractivity contribution in [2.75, 3.05) is 6.61 Å². The van der Waals surface area contributed by atoms with Gasteiger partial charge in [0, 0.05) is 0 Å². The maximum absolute atomic E-state index is 12.2. The number of nitrogens with one attached hydrogen (secondary N) is 1. The number of furan rings is 1. The number of carbonyl (C=O) groups excluding carboxylic acids is 1. The third-order valence-corrected chi connectivity index (χ3v) is 3.67. The molecule has 0 saturated heterocycles. The second-order valence-electron chi connectivity index (χ2n) is 5.15. The molecule has 21 heavy (non-hydrogen) atoms. The van der Waals surface area contributed by atoms with Crippen LogP contribution in [-0.2, 0) is 6.42 Å². The van der Waals surface area contributed by atoms with E-state index in [9.17, 15) is 9.90 Å². The summed E-state index contributed by atoms with van der Waals surface area (Å²) in [6.07, 6.45) is 0.960. The third-order valence-electron chi connectivity index (χ3n) is 3.67. The van der Waals surface area contributed by atoms with Crippen LogP contribution in [0.25, 0.3) is 0 Å². The van der Waals surface area contributed by atoms with Crippen molar-refractivity contribution in [3.05, 3.63) is 58.5 Å². The monoisotopic (exact) mass is 287 g/mol. The Kier molecular flexibility index (Phi) is 4.81. The number of rotatable bonds is 5. The second kappa shape index (κ2) is 6.59. The van der Waals surface area contributed by atoms with Gasteiger partial charge in [-0.15, -0.1) is 0 Å². The van der Waals surface area contributed by atoms with Crippen LogP contribution in [0.1, 0.15) is 46.0 Å². The van der Waals surface area contributed by atoms with Gasteiger partial charge in [0.2, 0.25) is 0 Å². The van der Waals surface area contributed by atoms with Crippen molar-refractivity contribution in [2.45, 2.75) is 33.2 Å². The van der Waals surface area contributed by atoms with E-state index in [0.717, 1.165) is 23.3 Å². The molecule has 0 spiro atoms. The average Bonchev–Trinajstić information content (AvgIpc) is 2.84. The Balaban J connectivity index is 2.12. The van der Waals surface area contributed by atoms with E-state index in [1.54, 1.807) is 6.07 Å². The van der Waals surface area contributed by atoms with E-state index in [-0.39, 0.29) is 18.3 Å². The van der Waals surface area contributed by atoms with Gasteiger partial charge in [0.1, 0.15) is 5.76 Å². The fourth-order valence-corrected chi connectivity index (χ4v) is 2.13. The lowest BCUT2D eigenvalue weighted by Gasteiger charge is -2.16. The van der Waals surface area contributed by atoms with Crippen molar-refractivity contribution in [3.63, 3.8) is 0 Å². The van der Waals surface area contributed by atoms with Crippen molar-refractivity contribution in [3.8, 4) is 0 Å². The van der Waals surface area contributed by atoms with Gasteiger partial charge in [-0.05, 0) is 43.0 Å². The Morgan fingerprint density at radius 2 is 1.95 bits per heavy atom. The molecule has 1 heterocycles. The summed E-state index contributed by atoms with van der Waals surface area (Å²) in [5, 5.41) is 12.3. The van der Waals surface area contributed by atoms with Crippen LogP contribution in [0, 0.1) is 13.8 Å². The minimum atomic E-state index is -0.436. The molecule has 2 rings (SSSR count). The molecule has 1 atom stereocenters. The normalized spacial score (nSPS) is 12.2. The molecule has 0 fully saturated rings. The topological polar surface area (TPSA) is 62.5 Å². The molecule has 112 valence electrons. The van der Waals surface area contributed by atoms with Gasteiger partial charge in [0.25, 0.3) is 5.91 Å². The van der Waals surface area contributed by atoms with Crippen molar-refractivity contribution in [1.29, 1.82) is 0 Å². The first-order valence-electron chi connectivity index (χ1n) is 7.12. The molecule has 0 radical (unpaired) electrons. The number of hydrogen-bond acceptors (Lipinski definition) is 3. The van der Waals surface area contributed by atoms with Gasteiger partial charge in [0.05, 0.1) is 12.6 Å². The predicted octanol–water partition coefficient (Wildman–Crippen LogP) is 2.92. The number of carbonyl (C=O) groups is 1. The smallest absolute Gasteiger partial charge is 0.287 e. The first kappa shape index (κ1) is 15.3. The van der Waals surface area contributed by atoms with Crippen LogP contribution in [-0.4, -0.2) is 17.6 Å². The quantitative estimate of drug-likeness (QED) is 0.888. The molecule has 1 aromatic heterocycles. The predicted molar refractivity (Wildman–Crippen MR) is 81.3 cm³/mol. The summed E-state index contributed by atoms with van der Waals surface area (Å²) in [7, 11) is 0. The standard InChI is InChI=1S/C17H21NO3/c1-4-13-5-7-14(8-6-13)15(10-19)18-17(20)16-9-11(2)12(3)21-16/h5-9,15,19H,4,10H2,1-3H3,(H,18,20). The Labute approximate surface area is 124 Å². The summed E-state index contributed by atoms with van der Waals surface area (Å²) < 4.78 is 5.40. The molecule has 0 saturated carbocycles. The van der Waals surface area contributed by atoms with Crippen LogP contribution >= 0.6 is 0 Å². The maximum Gasteiger partial charge on any atom is 0.287 e. The maximum atomic E-state index is 12.2. The number of aliphatic hydroxyl groups is 1. The van der Waals surface area contributed by atoms with E-state index in [4.69, 9.17) is 4.42 Å². The minimum Gasteiger partial charge on any atom is -0.456 e. The molecule has 0 aliphatic rings. The van der Waals surface area contributed by atoms with Gasteiger partial charge in [-0.3, -0.25) is 4.79 Å². The van der Waals surface area contributed by atoms with Gasteiger partial charge < -0.3 is 14.8 Å². The van der Waals surface area contributed by atoms with Crippen molar-refractivity contribution >= 4 is 5.91 Å². The largest absolute Gasteiger partial charge is 0.456 e. The molecule has 0 bridgehead atoms. The highest BCUT2D eigenvalue weighted by atomic mass is 16.3. The number of aliphatic hydroxyl groups excluding tert-OH is 1. The van der Waals surface area contributed by atoms with Crippen LogP contribution in [0.5, 0.6) is 0 Å². The highest BCUT2D eigenvalue weighted by Gasteiger charge is 2.18. The van der Waals surface area contributed by atoms with Gasteiger partial charge >= 0.3 is 0 Å². The van der Waals surface area contributed by atoms with Gasteiger partial charge in [-0.1, -0.05) is 31.2 Å². The fourth-order valence-electron chi connectivity index (χ4n) is 2.13. The Hall–Kier alpha value is -2.07. The number of aryl methyl sites for hydroxylation is 3. The molecule has 1 amide bonds. The highest BCUT2D eigenvalue weighted by molar-refractivity contribution is 5.92. The molecule has 4 nitrogen and oxygen atoms in total. The van der Waals surface area contributed by atoms with E-state index in [1.807, 2.05) is 38.1 Å². The first-order chi connectivity index (χ1) is 10.0. The molecule has 1 aromatic carbocycles. The van der Waals surface area contributed by atoms with Crippen molar-refractivity contribution in [1.82, 2.24) is 5.32 Å². The van der Waals surface area contributed by atoms with E-state index in [2.05, 4.69) is 12.2 Å².